The van der Waals surface area contributed by atoms with E-state index in [2.05, 4.69) is 31.1 Å². The van der Waals surface area contributed by atoms with Gasteiger partial charge in [-0.15, -0.1) is 5.10 Å². The molecule has 1 unspecified atom stereocenters. The van der Waals surface area contributed by atoms with E-state index in [-0.39, 0.29) is 6.10 Å². The number of ether oxygens (including phenoxy) is 1. The van der Waals surface area contributed by atoms with E-state index in [4.69, 9.17) is 4.74 Å². The number of rotatable bonds is 5. The maximum atomic E-state index is 9.50. The van der Waals surface area contributed by atoms with Crippen LogP contribution in [0.2, 0.25) is 0 Å². The molecule has 7 heteroatoms. The number of nitrogens with zero attached hydrogens (tertiary/aromatic N) is 6. The minimum Gasteiger partial charge on any atom is -0.488 e. The van der Waals surface area contributed by atoms with Crippen molar-refractivity contribution >= 4 is 5.82 Å². The Hall–Kier alpha value is -2.72. The molecule has 3 rings (SSSR count). The maximum Gasteiger partial charge on any atom is 0.169 e. The topological polar surface area (TPSA) is 78.2 Å². The summed E-state index contributed by atoms with van der Waals surface area (Å²) < 4.78 is 6.15. The van der Waals surface area contributed by atoms with E-state index in [0.717, 1.165) is 42.2 Å². The standard InChI is InChI=1S/C19H24N6O/c1-13-14(2)22-23-19(18(13)10-20)25-8-6-17(12-25)26-16-5-7-21-15(9-16)11-24(3)4/h5,7,9,17H,6,8,11-12H2,1-4H3. The third-order valence-corrected chi connectivity index (χ3v) is 4.56. The van der Waals surface area contributed by atoms with E-state index in [1.54, 1.807) is 6.20 Å². The zero-order valence-electron chi connectivity index (χ0n) is 15.7. The molecule has 0 spiro atoms. The third kappa shape index (κ3) is 3.92. The average Bonchev–Trinajstić information content (AvgIpc) is 3.05. The summed E-state index contributed by atoms with van der Waals surface area (Å²) in [5.41, 5.74) is 3.27. The molecule has 2 aromatic rings. The van der Waals surface area contributed by atoms with Crippen LogP contribution >= 0.6 is 0 Å². The van der Waals surface area contributed by atoms with E-state index in [1.165, 1.54) is 0 Å². The van der Waals surface area contributed by atoms with Crippen LogP contribution in [0.15, 0.2) is 18.3 Å². The Morgan fingerprint density at radius 2 is 2.15 bits per heavy atom. The fraction of sp³-hybridized carbons (Fsp3) is 0.474. The lowest BCUT2D eigenvalue weighted by atomic mass is 10.1. The van der Waals surface area contributed by atoms with Gasteiger partial charge in [-0.05, 0) is 39.6 Å². The predicted octanol–water partition coefficient (Wildman–Crippen LogP) is 2.08. The Morgan fingerprint density at radius 1 is 1.35 bits per heavy atom. The maximum absolute atomic E-state index is 9.50. The minimum absolute atomic E-state index is 0.0551. The first kappa shape index (κ1) is 18.1. The fourth-order valence-corrected chi connectivity index (χ4v) is 3.10. The molecule has 1 fully saturated rings. The van der Waals surface area contributed by atoms with Crippen molar-refractivity contribution in [3.05, 3.63) is 40.8 Å². The molecule has 0 N–H and O–H groups in total. The van der Waals surface area contributed by atoms with Gasteiger partial charge in [0.2, 0.25) is 0 Å². The molecule has 0 amide bonds. The quantitative estimate of drug-likeness (QED) is 0.815. The van der Waals surface area contributed by atoms with Crippen LogP contribution in [-0.4, -0.2) is 53.4 Å². The summed E-state index contributed by atoms with van der Waals surface area (Å²) in [5.74, 6) is 1.49. The van der Waals surface area contributed by atoms with Crippen LogP contribution in [0.3, 0.4) is 0 Å². The van der Waals surface area contributed by atoms with Crippen LogP contribution in [0.1, 0.15) is 28.9 Å². The van der Waals surface area contributed by atoms with Gasteiger partial charge in [0.15, 0.2) is 5.82 Å². The molecule has 26 heavy (non-hydrogen) atoms. The van der Waals surface area contributed by atoms with E-state index in [9.17, 15) is 5.26 Å². The number of aromatic nitrogens is 3. The van der Waals surface area contributed by atoms with E-state index >= 15 is 0 Å². The van der Waals surface area contributed by atoms with Gasteiger partial charge in [-0.1, -0.05) is 0 Å². The SMILES string of the molecule is Cc1nnc(N2CCC(Oc3ccnc(CN(C)C)c3)C2)c(C#N)c1C. The summed E-state index contributed by atoms with van der Waals surface area (Å²) in [7, 11) is 4.03. The molecule has 7 nitrogen and oxygen atoms in total. The molecule has 3 heterocycles. The molecule has 1 aliphatic rings. The number of pyridine rings is 1. The normalized spacial score (nSPS) is 16.8. The zero-order valence-corrected chi connectivity index (χ0v) is 15.7. The molecule has 0 bridgehead atoms. The van der Waals surface area contributed by atoms with Gasteiger partial charge in [0.25, 0.3) is 0 Å². The highest BCUT2D eigenvalue weighted by atomic mass is 16.5. The Balaban J connectivity index is 1.70. The monoisotopic (exact) mass is 352 g/mol. The van der Waals surface area contributed by atoms with Gasteiger partial charge in [0.05, 0.1) is 17.9 Å². The van der Waals surface area contributed by atoms with E-state index in [1.807, 2.05) is 40.1 Å². The van der Waals surface area contributed by atoms with Crippen molar-refractivity contribution in [2.75, 3.05) is 32.1 Å². The van der Waals surface area contributed by atoms with Crippen molar-refractivity contribution in [1.29, 1.82) is 5.26 Å². The molecule has 0 aromatic carbocycles. The molecule has 0 radical (unpaired) electrons. The highest BCUT2D eigenvalue weighted by Gasteiger charge is 2.28. The van der Waals surface area contributed by atoms with Crippen LogP contribution < -0.4 is 9.64 Å². The van der Waals surface area contributed by atoms with Crippen LogP contribution in [0.25, 0.3) is 0 Å². The number of aryl methyl sites for hydroxylation is 1. The second-order valence-corrected chi connectivity index (χ2v) is 6.92. The highest BCUT2D eigenvalue weighted by molar-refractivity contribution is 5.58. The predicted molar refractivity (Wildman–Crippen MR) is 99.1 cm³/mol. The molecule has 2 aromatic heterocycles. The second kappa shape index (κ2) is 7.67. The van der Waals surface area contributed by atoms with Gasteiger partial charge >= 0.3 is 0 Å². The molecule has 1 atom stereocenters. The van der Waals surface area contributed by atoms with Crippen LogP contribution in [0.4, 0.5) is 5.82 Å². The summed E-state index contributed by atoms with van der Waals surface area (Å²) in [5, 5.41) is 17.9. The molecule has 1 aliphatic heterocycles. The van der Waals surface area contributed by atoms with Crippen molar-refractivity contribution < 1.29 is 4.74 Å². The minimum atomic E-state index is 0.0551. The van der Waals surface area contributed by atoms with Crippen LogP contribution in [-0.2, 0) is 6.54 Å². The zero-order chi connectivity index (χ0) is 18.7. The number of nitriles is 1. The van der Waals surface area contributed by atoms with Crippen LogP contribution in [0.5, 0.6) is 5.75 Å². The van der Waals surface area contributed by atoms with Gasteiger partial charge in [-0.3, -0.25) is 4.98 Å². The first-order valence-electron chi connectivity index (χ1n) is 8.73. The molecular formula is C19H24N6O. The Kier molecular flexibility index (Phi) is 5.33. The molecule has 0 saturated carbocycles. The second-order valence-electron chi connectivity index (χ2n) is 6.92. The third-order valence-electron chi connectivity index (χ3n) is 4.56. The number of anilines is 1. The van der Waals surface area contributed by atoms with E-state index in [0.29, 0.717) is 17.9 Å². The summed E-state index contributed by atoms with van der Waals surface area (Å²) in [6.45, 7) is 6.05. The van der Waals surface area contributed by atoms with Crippen LogP contribution in [0, 0.1) is 25.2 Å². The van der Waals surface area contributed by atoms with Gasteiger partial charge in [-0.2, -0.15) is 10.4 Å². The van der Waals surface area contributed by atoms with Gasteiger partial charge in [0.1, 0.15) is 23.5 Å². The number of hydrogen-bond acceptors (Lipinski definition) is 7. The number of hydrogen-bond donors (Lipinski definition) is 0. The molecule has 136 valence electrons. The average molecular weight is 352 g/mol. The summed E-state index contributed by atoms with van der Waals surface area (Å²) in [4.78, 5) is 8.53. The smallest absolute Gasteiger partial charge is 0.169 e. The van der Waals surface area contributed by atoms with Crippen molar-refractivity contribution in [2.45, 2.75) is 32.9 Å². The Bertz CT molecular complexity index is 829. The first-order chi connectivity index (χ1) is 12.5. The van der Waals surface area contributed by atoms with Gasteiger partial charge in [0, 0.05) is 31.8 Å². The van der Waals surface area contributed by atoms with Crippen molar-refractivity contribution in [3.63, 3.8) is 0 Å². The molecule has 0 aliphatic carbocycles. The van der Waals surface area contributed by atoms with E-state index < -0.39 is 0 Å². The largest absolute Gasteiger partial charge is 0.488 e. The lowest BCUT2D eigenvalue weighted by molar-refractivity contribution is 0.224. The van der Waals surface area contributed by atoms with Crippen molar-refractivity contribution in [1.82, 2.24) is 20.1 Å². The van der Waals surface area contributed by atoms with Gasteiger partial charge in [-0.25, -0.2) is 0 Å². The van der Waals surface area contributed by atoms with Gasteiger partial charge < -0.3 is 14.5 Å². The van der Waals surface area contributed by atoms with Crippen molar-refractivity contribution in [2.24, 2.45) is 0 Å². The lowest BCUT2D eigenvalue weighted by Crippen LogP contribution is -2.26. The summed E-state index contributed by atoms with van der Waals surface area (Å²) in [6, 6.07) is 6.15. The fourth-order valence-electron chi connectivity index (χ4n) is 3.10. The molecular weight excluding hydrogens is 328 g/mol. The Morgan fingerprint density at radius 3 is 2.88 bits per heavy atom. The summed E-state index contributed by atoms with van der Waals surface area (Å²) in [6.07, 6.45) is 2.72. The first-order valence-corrected chi connectivity index (χ1v) is 8.73. The highest BCUT2D eigenvalue weighted by Crippen LogP contribution is 2.26. The lowest BCUT2D eigenvalue weighted by Gasteiger charge is -2.20. The summed E-state index contributed by atoms with van der Waals surface area (Å²) >= 11 is 0. The molecule has 1 saturated heterocycles. The van der Waals surface area contributed by atoms with Crippen molar-refractivity contribution in [3.8, 4) is 11.8 Å². The Labute approximate surface area is 154 Å².